The Balaban J connectivity index is 1.86. The fourth-order valence-electron chi connectivity index (χ4n) is 3.50. The van der Waals surface area contributed by atoms with Gasteiger partial charge in [0.15, 0.2) is 5.69 Å². The van der Waals surface area contributed by atoms with Gasteiger partial charge in [-0.1, -0.05) is 30.3 Å². The average Bonchev–Trinajstić information content (AvgIpc) is 3.12. The van der Waals surface area contributed by atoms with E-state index >= 15 is 0 Å². The first kappa shape index (κ1) is 20.9. The number of halogens is 3. The first-order valence-electron chi connectivity index (χ1n) is 9.44. The van der Waals surface area contributed by atoms with Crippen LogP contribution < -0.4 is 0 Å². The summed E-state index contributed by atoms with van der Waals surface area (Å²) >= 11 is 0. The van der Waals surface area contributed by atoms with Crippen molar-refractivity contribution in [3.63, 3.8) is 0 Å². The van der Waals surface area contributed by atoms with Gasteiger partial charge in [-0.25, -0.2) is 0 Å². The van der Waals surface area contributed by atoms with Crippen molar-refractivity contribution in [1.29, 1.82) is 0 Å². The first-order chi connectivity index (χ1) is 13.8. The van der Waals surface area contributed by atoms with E-state index in [-0.39, 0.29) is 26.2 Å². The van der Waals surface area contributed by atoms with Gasteiger partial charge in [0.1, 0.15) is 0 Å². The van der Waals surface area contributed by atoms with Crippen molar-refractivity contribution in [3.05, 3.63) is 53.3 Å². The van der Waals surface area contributed by atoms with Gasteiger partial charge in [-0.05, 0) is 25.3 Å². The lowest BCUT2D eigenvalue weighted by atomic mass is 9.97. The van der Waals surface area contributed by atoms with Crippen LogP contribution in [0, 0.1) is 5.92 Å². The largest absolute Gasteiger partial charge is 0.466 e. The molecule has 1 amide bonds. The van der Waals surface area contributed by atoms with Crippen molar-refractivity contribution in [2.45, 2.75) is 32.5 Å². The van der Waals surface area contributed by atoms with Gasteiger partial charge >= 0.3 is 12.1 Å². The molecule has 2 aromatic rings. The second-order valence-electron chi connectivity index (χ2n) is 6.89. The second-order valence-corrected chi connectivity index (χ2v) is 6.89. The molecular weight excluding hydrogens is 387 g/mol. The van der Waals surface area contributed by atoms with E-state index in [0.717, 1.165) is 10.9 Å². The standard InChI is InChI=1S/C20H22F3N3O3/c1-2-29-19(28)15-9-6-10-25(13-15)18(27)16-11-24-26(17(16)20(21,22)23)12-14-7-4-3-5-8-14/h3-5,7-8,11,15H,2,6,9-10,12-13H2,1H3/t15-/m0/s1. The second kappa shape index (κ2) is 8.67. The molecule has 0 N–H and O–H groups in total. The van der Waals surface area contributed by atoms with Crippen LogP contribution >= 0.6 is 0 Å². The van der Waals surface area contributed by atoms with Gasteiger partial charge in [0, 0.05) is 13.1 Å². The number of esters is 1. The number of piperidine rings is 1. The number of rotatable bonds is 5. The molecule has 1 atom stereocenters. The maximum Gasteiger partial charge on any atom is 0.433 e. The Morgan fingerprint density at radius 2 is 1.97 bits per heavy atom. The molecule has 0 bridgehead atoms. The molecule has 1 aliphatic rings. The zero-order valence-corrected chi connectivity index (χ0v) is 16.0. The third kappa shape index (κ3) is 4.78. The number of carbonyl (C=O) groups is 2. The van der Waals surface area contributed by atoms with Crippen molar-refractivity contribution in [1.82, 2.24) is 14.7 Å². The Hall–Kier alpha value is -2.84. The number of likely N-dealkylation sites (tertiary alicyclic amines) is 1. The minimum absolute atomic E-state index is 0.0405. The van der Waals surface area contributed by atoms with Gasteiger partial charge in [-0.2, -0.15) is 18.3 Å². The van der Waals surface area contributed by atoms with Crippen LogP contribution in [0.15, 0.2) is 36.5 Å². The molecular formula is C20H22F3N3O3. The van der Waals surface area contributed by atoms with Crippen LogP contribution in [-0.4, -0.2) is 46.3 Å². The summed E-state index contributed by atoms with van der Waals surface area (Å²) in [4.78, 5) is 26.1. The highest BCUT2D eigenvalue weighted by atomic mass is 19.4. The summed E-state index contributed by atoms with van der Waals surface area (Å²) < 4.78 is 47.1. The van der Waals surface area contributed by atoms with Crippen LogP contribution in [0.3, 0.4) is 0 Å². The molecule has 9 heteroatoms. The third-order valence-electron chi connectivity index (χ3n) is 4.84. The summed E-state index contributed by atoms with van der Waals surface area (Å²) in [6, 6.07) is 8.60. The van der Waals surface area contributed by atoms with E-state index in [1.807, 2.05) is 0 Å². The van der Waals surface area contributed by atoms with E-state index in [1.54, 1.807) is 37.3 Å². The van der Waals surface area contributed by atoms with Crippen molar-refractivity contribution < 1.29 is 27.5 Å². The van der Waals surface area contributed by atoms with E-state index < -0.39 is 35.2 Å². The minimum Gasteiger partial charge on any atom is -0.466 e. The summed E-state index contributed by atoms with van der Waals surface area (Å²) in [5.41, 5.74) is -0.942. The number of amides is 1. The van der Waals surface area contributed by atoms with Gasteiger partial charge < -0.3 is 9.64 Å². The van der Waals surface area contributed by atoms with E-state index in [0.29, 0.717) is 18.4 Å². The number of hydrogen-bond donors (Lipinski definition) is 0. The van der Waals surface area contributed by atoms with E-state index in [2.05, 4.69) is 5.10 Å². The molecule has 0 aliphatic carbocycles. The predicted molar refractivity (Wildman–Crippen MR) is 98.0 cm³/mol. The highest BCUT2D eigenvalue weighted by Gasteiger charge is 2.42. The van der Waals surface area contributed by atoms with Crippen molar-refractivity contribution in [2.75, 3.05) is 19.7 Å². The normalized spacial score (nSPS) is 17.2. The fraction of sp³-hybridized carbons (Fsp3) is 0.450. The number of benzene rings is 1. The van der Waals surface area contributed by atoms with Crippen LogP contribution in [-0.2, 0) is 22.3 Å². The molecule has 1 aromatic heterocycles. The topological polar surface area (TPSA) is 64.4 Å². The number of aromatic nitrogens is 2. The fourth-order valence-corrected chi connectivity index (χ4v) is 3.50. The molecule has 3 rings (SSSR count). The lowest BCUT2D eigenvalue weighted by molar-refractivity contribution is -0.149. The molecule has 1 saturated heterocycles. The summed E-state index contributed by atoms with van der Waals surface area (Å²) in [7, 11) is 0. The Kier molecular flexibility index (Phi) is 6.24. The van der Waals surface area contributed by atoms with Crippen LogP contribution in [0.1, 0.15) is 41.4 Å². The zero-order valence-electron chi connectivity index (χ0n) is 16.0. The smallest absolute Gasteiger partial charge is 0.433 e. The molecule has 2 heterocycles. The molecule has 29 heavy (non-hydrogen) atoms. The zero-order chi connectivity index (χ0) is 21.0. The Labute approximate surface area is 166 Å². The Morgan fingerprint density at radius 3 is 2.62 bits per heavy atom. The number of hydrogen-bond acceptors (Lipinski definition) is 4. The van der Waals surface area contributed by atoms with Gasteiger partial charge in [0.05, 0.1) is 30.8 Å². The van der Waals surface area contributed by atoms with Gasteiger partial charge in [-0.3, -0.25) is 14.3 Å². The van der Waals surface area contributed by atoms with Crippen LogP contribution in [0.25, 0.3) is 0 Å². The average molecular weight is 409 g/mol. The highest BCUT2D eigenvalue weighted by Crippen LogP contribution is 2.33. The molecule has 1 aromatic carbocycles. The molecule has 156 valence electrons. The number of carbonyl (C=O) groups excluding carboxylic acids is 2. The van der Waals surface area contributed by atoms with Crippen LogP contribution in [0.5, 0.6) is 0 Å². The molecule has 0 spiro atoms. The molecule has 6 nitrogen and oxygen atoms in total. The Bertz CT molecular complexity index is 865. The monoisotopic (exact) mass is 409 g/mol. The van der Waals surface area contributed by atoms with Gasteiger partial charge in [0.25, 0.3) is 5.91 Å². The summed E-state index contributed by atoms with van der Waals surface area (Å²) in [6.07, 6.45) is -2.72. The van der Waals surface area contributed by atoms with Crippen LogP contribution in [0.4, 0.5) is 13.2 Å². The van der Waals surface area contributed by atoms with Crippen LogP contribution in [0.2, 0.25) is 0 Å². The van der Waals surface area contributed by atoms with E-state index in [1.165, 1.54) is 4.90 Å². The third-order valence-corrected chi connectivity index (χ3v) is 4.84. The predicted octanol–water partition coefficient (Wildman–Crippen LogP) is 3.37. The van der Waals surface area contributed by atoms with Crippen molar-refractivity contribution in [3.8, 4) is 0 Å². The molecule has 1 fully saturated rings. The molecule has 0 unspecified atom stereocenters. The number of alkyl halides is 3. The lowest BCUT2D eigenvalue weighted by Crippen LogP contribution is -2.43. The summed E-state index contributed by atoms with van der Waals surface area (Å²) in [5.74, 6) is -1.73. The number of nitrogens with zero attached hydrogens (tertiary/aromatic N) is 3. The van der Waals surface area contributed by atoms with E-state index in [4.69, 9.17) is 4.74 Å². The summed E-state index contributed by atoms with van der Waals surface area (Å²) in [6.45, 7) is 2.12. The highest BCUT2D eigenvalue weighted by molar-refractivity contribution is 5.95. The molecule has 0 saturated carbocycles. The molecule has 0 radical (unpaired) electrons. The van der Waals surface area contributed by atoms with Crippen molar-refractivity contribution >= 4 is 11.9 Å². The van der Waals surface area contributed by atoms with Crippen molar-refractivity contribution in [2.24, 2.45) is 5.92 Å². The maximum atomic E-state index is 13.8. The SMILES string of the molecule is CCOC(=O)[C@H]1CCCN(C(=O)c2cnn(Cc3ccccc3)c2C(F)(F)F)C1. The first-order valence-corrected chi connectivity index (χ1v) is 9.44. The maximum absolute atomic E-state index is 13.8. The minimum atomic E-state index is -4.74. The van der Waals surface area contributed by atoms with Gasteiger partial charge in [0.2, 0.25) is 0 Å². The number of ether oxygens (including phenoxy) is 1. The Morgan fingerprint density at radius 1 is 1.24 bits per heavy atom. The van der Waals surface area contributed by atoms with E-state index in [9.17, 15) is 22.8 Å². The quantitative estimate of drug-likeness (QED) is 0.711. The summed E-state index contributed by atoms with van der Waals surface area (Å²) in [5, 5.41) is 3.83. The lowest BCUT2D eigenvalue weighted by Gasteiger charge is -2.31. The van der Waals surface area contributed by atoms with Gasteiger partial charge in [-0.15, -0.1) is 0 Å². The molecule has 1 aliphatic heterocycles.